The molecule has 126 valence electrons. The Balaban J connectivity index is 0.00000182. The lowest BCUT2D eigenvalue weighted by molar-refractivity contribution is -0.556. The summed E-state index contributed by atoms with van der Waals surface area (Å²) in [7, 11) is 0. The third kappa shape index (κ3) is 2.42. The van der Waals surface area contributed by atoms with Gasteiger partial charge in [0, 0.05) is 5.69 Å². The van der Waals surface area contributed by atoms with Crippen molar-refractivity contribution in [2.24, 2.45) is 0 Å². The highest BCUT2D eigenvalue weighted by Crippen LogP contribution is 2.23. The fraction of sp³-hybridized carbons (Fsp3) is 0.0625. The van der Waals surface area contributed by atoms with E-state index in [9.17, 15) is 14.9 Å². The summed E-state index contributed by atoms with van der Waals surface area (Å²) < 4.78 is 2.86. The van der Waals surface area contributed by atoms with Gasteiger partial charge in [-0.25, -0.2) is 4.79 Å². The summed E-state index contributed by atoms with van der Waals surface area (Å²) >= 11 is 0. The number of para-hydroxylation sites is 1. The van der Waals surface area contributed by atoms with Crippen molar-refractivity contribution >= 4 is 22.1 Å². The number of nitro groups is 1. The van der Waals surface area contributed by atoms with Crippen molar-refractivity contribution < 1.29 is 14.9 Å². The van der Waals surface area contributed by atoms with Crippen molar-refractivity contribution in [2.45, 2.75) is 6.92 Å². The highest BCUT2D eigenvalue weighted by Gasteiger charge is 2.25. The van der Waals surface area contributed by atoms with Gasteiger partial charge in [-0.05, 0) is 31.2 Å². The Morgan fingerprint density at radius 3 is 2.64 bits per heavy atom. The van der Waals surface area contributed by atoms with E-state index in [0.29, 0.717) is 16.6 Å². The average molecular weight is 339 g/mol. The maximum absolute atomic E-state index is 12.7. The van der Waals surface area contributed by atoms with E-state index >= 15 is 0 Å². The molecule has 0 saturated heterocycles. The van der Waals surface area contributed by atoms with Crippen molar-refractivity contribution in [1.82, 2.24) is 14.9 Å². The number of nitrogens with one attached hydrogen (secondary N) is 1. The van der Waals surface area contributed by atoms with Gasteiger partial charge in [0.1, 0.15) is 5.39 Å². The summed E-state index contributed by atoms with van der Waals surface area (Å²) in [6.45, 7) is 1.85. The molecule has 0 aliphatic rings. The van der Waals surface area contributed by atoms with Crippen molar-refractivity contribution in [3.05, 3.63) is 74.8 Å². The van der Waals surface area contributed by atoms with Gasteiger partial charge in [0.2, 0.25) is 0 Å². The van der Waals surface area contributed by atoms with E-state index in [0.717, 1.165) is 5.69 Å². The largest absolute Gasteiger partial charge is 0.870 e. The van der Waals surface area contributed by atoms with Gasteiger partial charge in [0.05, 0.1) is 17.2 Å². The predicted octanol–water partition coefficient (Wildman–Crippen LogP) is 1.49. The Kier molecular flexibility index (Phi) is 3.78. The van der Waals surface area contributed by atoms with E-state index in [2.05, 4.69) is 10.2 Å². The van der Waals surface area contributed by atoms with Crippen LogP contribution in [0.5, 0.6) is 0 Å². The first-order valence-electron chi connectivity index (χ1n) is 7.22. The number of aromatic amines is 1. The number of aryl methyl sites for hydroxylation is 1. The van der Waals surface area contributed by atoms with Gasteiger partial charge < -0.3 is 5.48 Å². The third-order valence-corrected chi connectivity index (χ3v) is 3.91. The molecule has 9 nitrogen and oxygen atoms in total. The molecule has 2 N–H and O–H groups in total. The van der Waals surface area contributed by atoms with Crippen LogP contribution in [0.15, 0.2) is 53.5 Å². The zero-order valence-electron chi connectivity index (χ0n) is 13.1. The van der Waals surface area contributed by atoms with Crippen LogP contribution >= 0.6 is 0 Å². The Bertz CT molecular complexity index is 1160. The molecule has 0 radical (unpaired) electrons. The number of fused-ring (bicyclic) bond motifs is 3. The number of hydrogen-bond acceptors (Lipinski definition) is 5. The van der Waals surface area contributed by atoms with E-state index in [1.807, 2.05) is 6.92 Å². The second kappa shape index (κ2) is 5.80. The lowest BCUT2D eigenvalue weighted by Crippen LogP contribution is -2.26. The molecule has 0 bridgehead atoms. The summed E-state index contributed by atoms with van der Waals surface area (Å²) in [4.78, 5) is 27.7. The molecule has 25 heavy (non-hydrogen) atoms. The minimum atomic E-state index is -0.480. The van der Waals surface area contributed by atoms with E-state index in [1.165, 1.54) is 10.7 Å². The Morgan fingerprint density at radius 1 is 1.20 bits per heavy atom. The second-order valence-electron chi connectivity index (χ2n) is 5.42. The van der Waals surface area contributed by atoms with Gasteiger partial charge >= 0.3 is 5.56 Å². The van der Waals surface area contributed by atoms with Crippen molar-refractivity contribution in [3.63, 3.8) is 0 Å². The first-order chi connectivity index (χ1) is 11.6. The summed E-state index contributed by atoms with van der Waals surface area (Å²) in [5.74, 6) is 0. The quantitative estimate of drug-likeness (QED) is 0.336. The molecule has 0 aliphatic carbocycles. The fourth-order valence-corrected chi connectivity index (χ4v) is 2.73. The molecule has 0 aliphatic heterocycles. The normalized spacial score (nSPS) is 10.8. The molecule has 0 fully saturated rings. The molecule has 9 heteroatoms. The van der Waals surface area contributed by atoms with Crippen LogP contribution in [0, 0.1) is 17.0 Å². The molecule has 0 spiro atoms. The van der Waals surface area contributed by atoms with Crippen LogP contribution in [0.3, 0.4) is 0 Å². The zero-order valence-corrected chi connectivity index (χ0v) is 13.1. The smallest absolute Gasteiger partial charge is 0.406 e. The SMILES string of the molecule is Cc1ccc(-n2[nH][n+]3c(cc([N+](=O)[O-])c4ccccc43)c2=O)cn1.[OH-]. The van der Waals surface area contributed by atoms with Crippen LogP contribution in [-0.2, 0) is 0 Å². The number of aromatic nitrogens is 4. The third-order valence-electron chi connectivity index (χ3n) is 3.91. The van der Waals surface area contributed by atoms with Crippen LogP contribution in [-0.4, -0.2) is 25.3 Å². The minimum Gasteiger partial charge on any atom is -0.870 e. The summed E-state index contributed by atoms with van der Waals surface area (Å²) in [6.07, 6.45) is 1.57. The topological polar surface area (TPSA) is 128 Å². The number of nitrogens with zero attached hydrogens (tertiary/aromatic N) is 4. The molecule has 0 amide bonds. The van der Waals surface area contributed by atoms with E-state index in [-0.39, 0.29) is 22.2 Å². The molecule has 4 aromatic rings. The minimum absolute atomic E-state index is 0. The van der Waals surface area contributed by atoms with E-state index in [1.54, 1.807) is 47.1 Å². The monoisotopic (exact) mass is 339 g/mol. The summed E-state index contributed by atoms with van der Waals surface area (Å²) in [5.41, 5.74) is 1.65. The number of pyridine rings is 2. The van der Waals surface area contributed by atoms with Gasteiger partial charge in [-0.3, -0.25) is 15.1 Å². The van der Waals surface area contributed by atoms with Crippen LogP contribution < -0.4 is 10.1 Å². The molecular weight excluding hydrogens is 326 g/mol. The molecule has 0 atom stereocenters. The summed E-state index contributed by atoms with van der Waals surface area (Å²) in [6, 6.07) is 11.7. The van der Waals surface area contributed by atoms with E-state index in [4.69, 9.17) is 0 Å². The van der Waals surface area contributed by atoms with Gasteiger partial charge in [-0.15, -0.1) is 4.52 Å². The Labute approximate surface area is 140 Å². The predicted molar refractivity (Wildman–Crippen MR) is 88.2 cm³/mol. The molecule has 1 aromatic carbocycles. The molecule has 0 saturated carbocycles. The van der Waals surface area contributed by atoms with E-state index < -0.39 is 4.92 Å². The zero-order chi connectivity index (χ0) is 16.8. The average Bonchev–Trinajstić information content (AvgIpc) is 2.92. The number of rotatable bonds is 2. The maximum atomic E-state index is 12.7. The standard InChI is InChI=1S/C16H11N5O3.H2O/c1-10-6-7-11(9-17-10)19-16(22)15-8-14(21(23)24)12-4-2-3-5-13(12)20(15)18-19;/h2-9H,1H3;1H2. The number of hydrogen-bond donors (Lipinski definition) is 1. The molecule has 3 aromatic heterocycles. The van der Waals surface area contributed by atoms with Gasteiger partial charge in [0.25, 0.3) is 11.2 Å². The van der Waals surface area contributed by atoms with Crippen LogP contribution in [0.4, 0.5) is 5.69 Å². The van der Waals surface area contributed by atoms with Gasteiger partial charge in [0.15, 0.2) is 11.2 Å². The van der Waals surface area contributed by atoms with Crippen LogP contribution in [0.1, 0.15) is 5.69 Å². The highest BCUT2D eigenvalue weighted by molar-refractivity contribution is 5.87. The van der Waals surface area contributed by atoms with Gasteiger partial charge in [-0.2, -0.15) is 0 Å². The Hall–Kier alpha value is -3.59. The van der Waals surface area contributed by atoms with Crippen molar-refractivity contribution in [1.29, 1.82) is 0 Å². The first kappa shape index (κ1) is 16.3. The first-order valence-corrected chi connectivity index (χ1v) is 7.22. The number of H-pyrrole nitrogens is 1. The lowest BCUT2D eigenvalue weighted by atomic mass is 10.2. The fourth-order valence-electron chi connectivity index (χ4n) is 2.73. The maximum Gasteiger partial charge on any atom is 0.406 e. The molecule has 0 unspecified atom stereocenters. The van der Waals surface area contributed by atoms with Crippen LogP contribution in [0.25, 0.3) is 22.1 Å². The lowest BCUT2D eigenvalue weighted by Gasteiger charge is -1.97. The van der Waals surface area contributed by atoms with Crippen molar-refractivity contribution in [3.8, 4) is 5.69 Å². The molecular formula is C16H13N5O4. The van der Waals surface area contributed by atoms with Crippen LogP contribution in [0.2, 0.25) is 0 Å². The van der Waals surface area contributed by atoms with Gasteiger partial charge in [-0.1, -0.05) is 22.0 Å². The Morgan fingerprint density at radius 2 is 1.96 bits per heavy atom. The molecule has 4 rings (SSSR count). The number of benzene rings is 1. The second-order valence-corrected chi connectivity index (χ2v) is 5.42. The molecule has 3 heterocycles. The summed E-state index contributed by atoms with van der Waals surface area (Å²) in [5, 5.41) is 14.8. The highest BCUT2D eigenvalue weighted by atomic mass is 16.6. The van der Waals surface area contributed by atoms with Crippen molar-refractivity contribution in [2.75, 3.05) is 0 Å².